The van der Waals surface area contributed by atoms with Crippen LogP contribution >= 0.6 is 0 Å². The van der Waals surface area contributed by atoms with Gasteiger partial charge in [-0.2, -0.15) is 5.10 Å². The summed E-state index contributed by atoms with van der Waals surface area (Å²) in [6.07, 6.45) is 0. The summed E-state index contributed by atoms with van der Waals surface area (Å²) < 4.78 is 12.6. The molecule has 0 spiro atoms. The SMILES string of the molecule is COCC(C)N1CCn2nc(COc3ccccc3)cc2C1=O. The summed E-state index contributed by atoms with van der Waals surface area (Å²) >= 11 is 0. The highest BCUT2D eigenvalue weighted by Crippen LogP contribution is 2.18. The molecular formula is C17H21N3O3. The number of carbonyl (C=O) groups excluding carboxylic acids is 1. The summed E-state index contributed by atoms with van der Waals surface area (Å²) in [7, 11) is 1.65. The molecule has 122 valence electrons. The molecule has 3 rings (SSSR count). The van der Waals surface area contributed by atoms with Crippen molar-refractivity contribution in [3.63, 3.8) is 0 Å². The summed E-state index contributed by atoms with van der Waals surface area (Å²) in [6, 6.07) is 11.5. The molecule has 0 saturated carbocycles. The molecule has 1 amide bonds. The number of benzene rings is 1. The normalized spacial score (nSPS) is 15.4. The fourth-order valence-electron chi connectivity index (χ4n) is 2.76. The first-order valence-corrected chi connectivity index (χ1v) is 7.73. The topological polar surface area (TPSA) is 56.6 Å². The van der Waals surface area contributed by atoms with E-state index in [2.05, 4.69) is 5.10 Å². The molecular weight excluding hydrogens is 294 g/mol. The molecule has 2 heterocycles. The van der Waals surface area contributed by atoms with E-state index in [4.69, 9.17) is 9.47 Å². The fourth-order valence-corrected chi connectivity index (χ4v) is 2.76. The highest BCUT2D eigenvalue weighted by atomic mass is 16.5. The van der Waals surface area contributed by atoms with Crippen LogP contribution in [-0.4, -0.2) is 46.9 Å². The number of carbonyl (C=O) groups is 1. The van der Waals surface area contributed by atoms with E-state index in [1.165, 1.54) is 0 Å². The zero-order valence-electron chi connectivity index (χ0n) is 13.4. The summed E-state index contributed by atoms with van der Waals surface area (Å²) in [5.74, 6) is 0.791. The molecule has 2 aromatic rings. The van der Waals surface area contributed by atoms with E-state index in [1.807, 2.05) is 48.2 Å². The third-order valence-corrected chi connectivity index (χ3v) is 3.93. The third-order valence-electron chi connectivity index (χ3n) is 3.93. The van der Waals surface area contributed by atoms with Crippen LogP contribution in [0.4, 0.5) is 0 Å². The van der Waals surface area contributed by atoms with Crippen molar-refractivity contribution in [3.8, 4) is 5.75 Å². The largest absolute Gasteiger partial charge is 0.487 e. The molecule has 1 aliphatic heterocycles. The minimum Gasteiger partial charge on any atom is -0.487 e. The summed E-state index contributed by atoms with van der Waals surface area (Å²) in [4.78, 5) is 14.4. The Balaban J connectivity index is 1.69. The molecule has 6 heteroatoms. The van der Waals surface area contributed by atoms with Crippen LogP contribution in [0, 0.1) is 0 Å². The van der Waals surface area contributed by atoms with Crippen molar-refractivity contribution in [3.05, 3.63) is 47.8 Å². The van der Waals surface area contributed by atoms with Crippen molar-refractivity contribution >= 4 is 5.91 Å². The number of aromatic nitrogens is 2. The Morgan fingerprint density at radius 1 is 1.26 bits per heavy atom. The predicted octanol–water partition coefficient (Wildman–Crippen LogP) is 1.95. The van der Waals surface area contributed by atoms with Crippen LogP contribution in [-0.2, 0) is 17.9 Å². The monoisotopic (exact) mass is 315 g/mol. The van der Waals surface area contributed by atoms with Gasteiger partial charge in [-0.05, 0) is 25.1 Å². The second-order valence-electron chi connectivity index (χ2n) is 5.65. The first kappa shape index (κ1) is 15.6. The van der Waals surface area contributed by atoms with Gasteiger partial charge in [0.15, 0.2) is 0 Å². The minimum absolute atomic E-state index is 0.000684. The highest BCUT2D eigenvalue weighted by Gasteiger charge is 2.29. The maximum atomic E-state index is 12.6. The van der Waals surface area contributed by atoms with Crippen molar-refractivity contribution in [2.24, 2.45) is 0 Å². The molecule has 0 N–H and O–H groups in total. The van der Waals surface area contributed by atoms with Crippen molar-refractivity contribution in [2.45, 2.75) is 26.1 Å². The Bertz CT molecular complexity index is 669. The van der Waals surface area contributed by atoms with Gasteiger partial charge in [0, 0.05) is 13.7 Å². The van der Waals surface area contributed by atoms with Gasteiger partial charge in [0.1, 0.15) is 23.7 Å². The van der Waals surface area contributed by atoms with Gasteiger partial charge in [-0.25, -0.2) is 0 Å². The van der Waals surface area contributed by atoms with Gasteiger partial charge in [0.2, 0.25) is 0 Å². The second-order valence-corrected chi connectivity index (χ2v) is 5.65. The second kappa shape index (κ2) is 6.83. The molecule has 1 atom stereocenters. The van der Waals surface area contributed by atoms with E-state index in [0.29, 0.717) is 32.0 Å². The number of rotatable bonds is 6. The maximum absolute atomic E-state index is 12.6. The van der Waals surface area contributed by atoms with Crippen LogP contribution < -0.4 is 4.74 Å². The van der Waals surface area contributed by atoms with Gasteiger partial charge in [0.25, 0.3) is 5.91 Å². The van der Waals surface area contributed by atoms with Crippen LogP contribution in [0.15, 0.2) is 36.4 Å². The molecule has 0 fully saturated rings. The van der Waals surface area contributed by atoms with Gasteiger partial charge >= 0.3 is 0 Å². The van der Waals surface area contributed by atoms with E-state index in [0.717, 1.165) is 11.4 Å². The zero-order valence-corrected chi connectivity index (χ0v) is 13.4. The van der Waals surface area contributed by atoms with Crippen molar-refractivity contribution < 1.29 is 14.3 Å². The number of hydrogen-bond donors (Lipinski definition) is 0. The maximum Gasteiger partial charge on any atom is 0.272 e. The van der Waals surface area contributed by atoms with Crippen LogP contribution in [0.5, 0.6) is 5.75 Å². The fraction of sp³-hybridized carbons (Fsp3) is 0.412. The molecule has 0 radical (unpaired) electrons. The van der Waals surface area contributed by atoms with E-state index in [-0.39, 0.29) is 11.9 Å². The van der Waals surface area contributed by atoms with Gasteiger partial charge in [0.05, 0.1) is 19.2 Å². The molecule has 0 aliphatic carbocycles. The Morgan fingerprint density at radius 3 is 2.78 bits per heavy atom. The Labute approximate surface area is 135 Å². The number of para-hydroxylation sites is 1. The number of amides is 1. The van der Waals surface area contributed by atoms with Gasteiger partial charge in [-0.3, -0.25) is 9.48 Å². The van der Waals surface area contributed by atoms with Crippen molar-refractivity contribution in [1.29, 1.82) is 0 Å². The average molecular weight is 315 g/mol. The molecule has 1 unspecified atom stereocenters. The summed E-state index contributed by atoms with van der Waals surface area (Å²) in [5, 5.41) is 4.47. The molecule has 0 bridgehead atoms. The van der Waals surface area contributed by atoms with Crippen LogP contribution in [0.25, 0.3) is 0 Å². The first-order chi connectivity index (χ1) is 11.2. The molecule has 1 aromatic heterocycles. The number of hydrogen-bond acceptors (Lipinski definition) is 4. The smallest absolute Gasteiger partial charge is 0.272 e. The van der Waals surface area contributed by atoms with Gasteiger partial charge < -0.3 is 14.4 Å². The zero-order chi connectivity index (χ0) is 16.2. The molecule has 1 aliphatic rings. The number of methoxy groups -OCH3 is 1. The van der Waals surface area contributed by atoms with E-state index in [1.54, 1.807) is 11.8 Å². The number of ether oxygens (including phenoxy) is 2. The lowest BCUT2D eigenvalue weighted by atomic mass is 10.2. The van der Waals surface area contributed by atoms with Gasteiger partial charge in [-0.15, -0.1) is 0 Å². The van der Waals surface area contributed by atoms with Crippen molar-refractivity contribution in [1.82, 2.24) is 14.7 Å². The summed E-state index contributed by atoms with van der Waals surface area (Å²) in [6.45, 7) is 4.22. The van der Waals surface area contributed by atoms with E-state index >= 15 is 0 Å². The lowest BCUT2D eigenvalue weighted by Crippen LogP contribution is -2.47. The lowest BCUT2D eigenvalue weighted by Gasteiger charge is -2.32. The first-order valence-electron chi connectivity index (χ1n) is 7.73. The average Bonchev–Trinajstić information content (AvgIpc) is 2.98. The Morgan fingerprint density at radius 2 is 2.04 bits per heavy atom. The van der Waals surface area contributed by atoms with Crippen molar-refractivity contribution in [2.75, 3.05) is 20.3 Å². The summed E-state index contributed by atoms with van der Waals surface area (Å²) in [5.41, 5.74) is 1.38. The van der Waals surface area contributed by atoms with E-state index < -0.39 is 0 Å². The Kier molecular flexibility index (Phi) is 4.62. The predicted molar refractivity (Wildman–Crippen MR) is 85.4 cm³/mol. The standard InChI is InChI=1S/C17H21N3O3/c1-13(11-22-2)19-8-9-20-16(17(19)21)10-14(18-20)12-23-15-6-4-3-5-7-15/h3-7,10,13H,8-9,11-12H2,1-2H3. The van der Waals surface area contributed by atoms with Crippen LogP contribution in [0.3, 0.4) is 0 Å². The molecule has 23 heavy (non-hydrogen) atoms. The number of fused-ring (bicyclic) bond motifs is 1. The van der Waals surface area contributed by atoms with Gasteiger partial charge in [-0.1, -0.05) is 18.2 Å². The highest BCUT2D eigenvalue weighted by molar-refractivity contribution is 5.93. The lowest BCUT2D eigenvalue weighted by molar-refractivity contribution is 0.0494. The molecule has 0 saturated heterocycles. The van der Waals surface area contributed by atoms with E-state index in [9.17, 15) is 4.79 Å². The number of nitrogens with zero attached hydrogens (tertiary/aromatic N) is 3. The molecule has 1 aromatic carbocycles. The minimum atomic E-state index is -0.000684. The third kappa shape index (κ3) is 3.37. The van der Waals surface area contributed by atoms with Crippen LogP contribution in [0.2, 0.25) is 0 Å². The quantitative estimate of drug-likeness (QED) is 0.817. The van der Waals surface area contributed by atoms with Crippen LogP contribution in [0.1, 0.15) is 23.1 Å². The Hall–Kier alpha value is -2.34. The molecule has 6 nitrogen and oxygen atoms in total.